The zero-order valence-corrected chi connectivity index (χ0v) is 21.2. The second-order valence-corrected chi connectivity index (χ2v) is 8.93. The van der Waals surface area contributed by atoms with E-state index in [1.807, 2.05) is 48.5 Å². The van der Waals surface area contributed by atoms with E-state index in [1.165, 1.54) is 0 Å². The third-order valence-corrected chi connectivity index (χ3v) is 6.53. The summed E-state index contributed by atoms with van der Waals surface area (Å²) < 4.78 is 29.4. The Morgan fingerprint density at radius 3 is 2.16 bits per heavy atom. The van der Waals surface area contributed by atoms with Crippen LogP contribution in [-0.4, -0.2) is 26.4 Å². The van der Waals surface area contributed by atoms with E-state index in [1.54, 1.807) is 33.5 Å². The first-order chi connectivity index (χ1) is 18.1. The predicted molar refractivity (Wildman–Crippen MR) is 142 cm³/mol. The third-order valence-electron chi connectivity index (χ3n) is 6.53. The quantitative estimate of drug-likeness (QED) is 0.332. The standard InChI is InChI=1S/C31H30O6/c1-33-27-9-5-7-23-14-12-21-13-15-26(25(32)17-21)37-29-19-22(18-28(34-2)31(29)35-3)11-10-20-6-4-8-24(16-20)36-30(23)27/h4-9,13,15-19,32H,10-12,14H2,1-3H3. The number of benzene rings is 4. The maximum Gasteiger partial charge on any atom is 0.203 e. The van der Waals surface area contributed by atoms with E-state index in [0.717, 1.165) is 40.8 Å². The predicted octanol–water partition coefficient (Wildman–Crippen LogP) is 6.89. The molecule has 0 aromatic heterocycles. The fourth-order valence-corrected chi connectivity index (χ4v) is 4.61. The molecular formula is C31H30O6. The Labute approximate surface area is 217 Å². The Morgan fingerprint density at radius 1 is 0.622 bits per heavy atom. The van der Waals surface area contributed by atoms with Crippen molar-refractivity contribution in [3.8, 4) is 46.0 Å². The van der Waals surface area contributed by atoms with Gasteiger partial charge in [-0.1, -0.05) is 30.3 Å². The minimum Gasteiger partial charge on any atom is -0.504 e. The number of rotatable bonds is 3. The van der Waals surface area contributed by atoms with Crippen LogP contribution in [0, 0.1) is 0 Å². The highest BCUT2D eigenvalue weighted by Crippen LogP contribution is 2.43. The van der Waals surface area contributed by atoms with Crippen molar-refractivity contribution in [2.45, 2.75) is 25.7 Å². The molecule has 4 aromatic carbocycles. The van der Waals surface area contributed by atoms with Gasteiger partial charge in [-0.25, -0.2) is 0 Å². The first-order valence-corrected chi connectivity index (χ1v) is 12.2. The van der Waals surface area contributed by atoms with Gasteiger partial charge in [0.05, 0.1) is 21.3 Å². The number of hydrogen-bond donors (Lipinski definition) is 1. The monoisotopic (exact) mass is 498 g/mol. The molecule has 0 spiro atoms. The number of ether oxygens (including phenoxy) is 5. The van der Waals surface area contributed by atoms with Crippen molar-refractivity contribution in [3.05, 3.63) is 95.1 Å². The normalized spacial score (nSPS) is 12.8. The van der Waals surface area contributed by atoms with Gasteiger partial charge in [0.2, 0.25) is 5.75 Å². The van der Waals surface area contributed by atoms with Gasteiger partial charge in [0.1, 0.15) is 5.75 Å². The molecule has 4 aromatic rings. The molecular weight excluding hydrogens is 468 g/mol. The van der Waals surface area contributed by atoms with E-state index in [0.29, 0.717) is 47.3 Å². The molecule has 0 aliphatic carbocycles. The Kier molecular flexibility index (Phi) is 7.08. The van der Waals surface area contributed by atoms with Crippen molar-refractivity contribution in [1.29, 1.82) is 0 Å². The maximum absolute atomic E-state index is 10.8. The molecule has 6 nitrogen and oxygen atoms in total. The van der Waals surface area contributed by atoms with Gasteiger partial charge in [-0.05, 0) is 90.4 Å². The molecule has 190 valence electrons. The minimum absolute atomic E-state index is 0.0575. The first kappa shape index (κ1) is 24.4. The van der Waals surface area contributed by atoms with Crippen LogP contribution in [0.5, 0.6) is 46.0 Å². The maximum atomic E-state index is 10.8. The fraction of sp³-hybridized carbons (Fsp3) is 0.226. The van der Waals surface area contributed by atoms with Crippen LogP contribution in [0.25, 0.3) is 0 Å². The summed E-state index contributed by atoms with van der Waals surface area (Å²) in [6, 6.07) is 23.4. The van der Waals surface area contributed by atoms with E-state index in [-0.39, 0.29) is 5.75 Å². The van der Waals surface area contributed by atoms with Gasteiger partial charge in [-0.2, -0.15) is 0 Å². The molecule has 0 saturated heterocycles. The van der Waals surface area contributed by atoms with Crippen LogP contribution in [0.3, 0.4) is 0 Å². The number of aryl methyl sites for hydroxylation is 4. The van der Waals surface area contributed by atoms with Crippen molar-refractivity contribution in [2.75, 3.05) is 21.3 Å². The molecule has 6 heteroatoms. The molecule has 0 atom stereocenters. The molecule has 6 bridgehead atoms. The van der Waals surface area contributed by atoms with Crippen LogP contribution in [0.15, 0.2) is 72.8 Å². The summed E-state index contributed by atoms with van der Waals surface area (Å²) in [6.45, 7) is 0. The lowest BCUT2D eigenvalue weighted by atomic mass is 10.0. The van der Waals surface area contributed by atoms with E-state index in [2.05, 4.69) is 12.1 Å². The van der Waals surface area contributed by atoms with Crippen LogP contribution in [0.2, 0.25) is 0 Å². The zero-order chi connectivity index (χ0) is 25.8. The second kappa shape index (κ2) is 10.7. The number of phenols is 1. The van der Waals surface area contributed by atoms with Crippen molar-refractivity contribution in [3.63, 3.8) is 0 Å². The Balaban J connectivity index is 1.60. The smallest absolute Gasteiger partial charge is 0.203 e. The zero-order valence-electron chi connectivity index (χ0n) is 21.2. The number of fused-ring (bicyclic) bond motifs is 4. The van der Waals surface area contributed by atoms with E-state index >= 15 is 0 Å². The highest BCUT2D eigenvalue weighted by molar-refractivity contribution is 5.57. The summed E-state index contributed by atoms with van der Waals surface area (Å²) in [5.74, 6) is 4.08. The number of para-hydroxylation sites is 1. The van der Waals surface area contributed by atoms with Crippen LogP contribution in [-0.2, 0) is 25.7 Å². The summed E-state index contributed by atoms with van der Waals surface area (Å²) in [4.78, 5) is 0. The average Bonchev–Trinajstić information content (AvgIpc) is 2.92. The Morgan fingerprint density at radius 2 is 1.38 bits per heavy atom. The van der Waals surface area contributed by atoms with Crippen LogP contribution < -0.4 is 23.7 Å². The van der Waals surface area contributed by atoms with Crippen LogP contribution >= 0.6 is 0 Å². The van der Waals surface area contributed by atoms with E-state index in [4.69, 9.17) is 23.7 Å². The van der Waals surface area contributed by atoms with Crippen molar-refractivity contribution in [2.24, 2.45) is 0 Å². The molecule has 6 rings (SSSR count). The number of phenolic OH excluding ortho intramolecular Hbond substituents is 1. The molecule has 2 aliphatic rings. The van der Waals surface area contributed by atoms with Gasteiger partial charge < -0.3 is 28.8 Å². The van der Waals surface area contributed by atoms with Crippen LogP contribution in [0.1, 0.15) is 22.3 Å². The SMILES string of the molecule is COc1cccc2c1Oc1cccc(c1)CCc1cc(OC)c(OC)c(c1)Oc1ccc(cc1O)CC2. The van der Waals surface area contributed by atoms with E-state index in [9.17, 15) is 5.11 Å². The van der Waals surface area contributed by atoms with Crippen molar-refractivity contribution >= 4 is 0 Å². The van der Waals surface area contributed by atoms with E-state index < -0.39 is 0 Å². The Bertz CT molecular complexity index is 1410. The Hall–Kier alpha value is -4.32. The minimum atomic E-state index is 0.0575. The molecule has 0 unspecified atom stereocenters. The summed E-state index contributed by atoms with van der Waals surface area (Å²) in [5.41, 5.74) is 4.15. The van der Waals surface area contributed by atoms with Gasteiger partial charge in [-0.3, -0.25) is 0 Å². The lowest BCUT2D eigenvalue weighted by Gasteiger charge is -2.18. The lowest BCUT2D eigenvalue weighted by molar-refractivity contribution is 0.331. The molecule has 0 saturated carbocycles. The number of aromatic hydroxyl groups is 1. The molecule has 0 radical (unpaired) electrons. The van der Waals surface area contributed by atoms with Gasteiger partial charge in [0.15, 0.2) is 34.5 Å². The summed E-state index contributed by atoms with van der Waals surface area (Å²) in [6.07, 6.45) is 2.93. The third kappa shape index (κ3) is 5.28. The fourth-order valence-electron chi connectivity index (χ4n) is 4.61. The highest BCUT2D eigenvalue weighted by atomic mass is 16.5. The van der Waals surface area contributed by atoms with Gasteiger partial charge in [0, 0.05) is 0 Å². The molecule has 2 heterocycles. The molecule has 2 aliphatic heterocycles. The van der Waals surface area contributed by atoms with Gasteiger partial charge in [-0.15, -0.1) is 0 Å². The summed E-state index contributed by atoms with van der Waals surface area (Å²) in [7, 11) is 4.82. The molecule has 0 amide bonds. The lowest BCUT2D eigenvalue weighted by Crippen LogP contribution is -2.00. The number of hydrogen-bond acceptors (Lipinski definition) is 6. The van der Waals surface area contributed by atoms with Crippen LogP contribution in [0.4, 0.5) is 0 Å². The van der Waals surface area contributed by atoms with Crippen molar-refractivity contribution < 1.29 is 28.8 Å². The first-order valence-electron chi connectivity index (χ1n) is 12.2. The van der Waals surface area contributed by atoms with Gasteiger partial charge in [0.25, 0.3) is 0 Å². The number of methoxy groups -OCH3 is 3. The molecule has 0 fully saturated rings. The topological polar surface area (TPSA) is 66.4 Å². The molecule has 37 heavy (non-hydrogen) atoms. The largest absolute Gasteiger partial charge is 0.504 e. The second-order valence-electron chi connectivity index (χ2n) is 8.93. The highest BCUT2D eigenvalue weighted by Gasteiger charge is 2.18. The summed E-state index contributed by atoms with van der Waals surface area (Å²) in [5, 5.41) is 10.8. The summed E-state index contributed by atoms with van der Waals surface area (Å²) >= 11 is 0. The van der Waals surface area contributed by atoms with Crippen molar-refractivity contribution in [1.82, 2.24) is 0 Å². The molecule has 1 N–H and O–H groups in total. The van der Waals surface area contributed by atoms with Gasteiger partial charge >= 0.3 is 0 Å². The average molecular weight is 499 g/mol.